The Hall–Kier alpha value is -3.61. The van der Waals surface area contributed by atoms with Gasteiger partial charge in [-0.1, -0.05) is 0 Å². The van der Waals surface area contributed by atoms with E-state index >= 15 is 0 Å². The van der Waals surface area contributed by atoms with Crippen molar-refractivity contribution in [3.63, 3.8) is 0 Å². The molecule has 0 spiro atoms. The molecule has 1 aromatic heterocycles. The maximum Gasteiger partial charge on any atom is 0.338 e. The minimum atomic E-state index is -0.330. The number of ether oxygens (including phenoxy) is 3. The lowest BCUT2D eigenvalue weighted by molar-refractivity contribution is 0.0526. The van der Waals surface area contributed by atoms with Crippen LogP contribution in [0.4, 0.5) is 11.4 Å². The van der Waals surface area contributed by atoms with E-state index in [0.29, 0.717) is 24.5 Å². The van der Waals surface area contributed by atoms with Gasteiger partial charge in [-0.3, -0.25) is 0 Å². The first kappa shape index (κ1) is 22.6. The summed E-state index contributed by atoms with van der Waals surface area (Å²) in [5, 5.41) is 0. The SMILES string of the molecule is CCOC(=O)c1ccc(N(Cc2cncnc2)c2ccc(OC)c(OC3CCCC3)c2)cc1. The number of hydrogen-bond acceptors (Lipinski definition) is 7. The van der Waals surface area contributed by atoms with Gasteiger partial charge in [-0.05, 0) is 69.0 Å². The number of rotatable bonds is 9. The average molecular weight is 448 g/mol. The molecule has 1 saturated carbocycles. The molecule has 0 unspecified atom stereocenters. The number of hydrogen-bond donors (Lipinski definition) is 0. The minimum Gasteiger partial charge on any atom is -0.493 e. The molecule has 1 aliphatic carbocycles. The van der Waals surface area contributed by atoms with Gasteiger partial charge >= 0.3 is 5.97 Å². The van der Waals surface area contributed by atoms with E-state index in [1.165, 1.54) is 19.2 Å². The maximum atomic E-state index is 12.1. The fraction of sp³-hybridized carbons (Fsp3) is 0.346. The lowest BCUT2D eigenvalue weighted by Gasteiger charge is -2.26. The maximum absolute atomic E-state index is 12.1. The molecule has 1 aliphatic rings. The van der Waals surface area contributed by atoms with Crippen LogP contribution in [0.5, 0.6) is 11.5 Å². The van der Waals surface area contributed by atoms with E-state index in [0.717, 1.165) is 35.5 Å². The molecule has 0 saturated heterocycles. The molecule has 4 rings (SSSR count). The van der Waals surface area contributed by atoms with E-state index in [4.69, 9.17) is 14.2 Å². The topological polar surface area (TPSA) is 73.8 Å². The van der Waals surface area contributed by atoms with Crippen LogP contribution in [0.25, 0.3) is 0 Å². The molecule has 172 valence electrons. The number of methoxy groups -OCH3 is 1. The zero-order chi connectivity index (χ0) is 23.0. The van der Waals surface area contributed by atoms with Gasteiger partial charge in [0.2, 0.25) is 0 Å². The highest BCUT2D eigenvalue weighted by molar-refractivity contribution is 5.90. The minimum absolute atomic E-state index is 0.217. The zero-order valence-electron chi connectivity index (χ0n) is 19.1. The second-order valence-electron chi connectivity index (χ2n) is 7.96. The Kier molecular flexibility index (Phi) is 7.40. The molecule has 7 heteroatoms. The third kappa shape index (κ3) is 5.61. The highest BCUT2D eigenvalue weighted by atomic mass is 16.5. The van der Waals surface area contributed by atoms with E-state index in [1.54, 1.807) is 38.6 Å². The van der Waals surface area contributed by atoms with Gasteiger partial charge in [-0.2, -0.15) is 0 Å². The zero-order valence-corrected chi connectivity index (χ0v) is 19.1. The van der Waals surface area contributed by atoms with Crippen LogP contribution in [0.3, 0.4) is 0 Å². The molecule has 0 N–H and O–H groups in total. The highest BCUT2D eigenvalue weighted by Crippen LogP contribution is 2.37. The third-order valence-corrected chi connectivity index (χ3v) is 5.70. The molecule has 33 heavy (non-hydrogen) atoms. The van der Waals surface area contributed by atoms with Gasteiger partial charge in [0.15, 0.2) is 11.5 Å². The Labute approximate surface area is 194 Å². The summed E-state index contributed by atoms with van der Waals surface area (Å²) in [6.45, 7) is 2.69. The van der Waals surface area contributed by atoms with Crippen molar-refractivity contribution in [1.82, 2.24) is 9.97 Å². The molecule has 0 radical (unpaired) electrons. The van der Waals surface area contributed by atoms with Crippen LogP contribution in [0, 0.1) is 0 Å². The van der Waals surface area contributed by atoms with Crippen LogP contribution >= 0.6 is 0 Å². The average Bonchev–Trinajstić information content (AvgIpc) is 3.37. The Morgan fingerprint density at radius 1 is 1.00 bits per heavy atom. The Bertz CT molecular complexity index is 1050. The lowest BCUT2D eigenvalue weighted by Crippen LogP contribution is -2.18. The summed E-state index contributed by atoms with van der Waals surface area (Å²) in [5.41, 5.74) is 3.34. The van der Waals surface area contributed by atoms with Gasteiger partial charge in [0, 0.05) is 35.4 Å². The van der Waals surface area contributed by atoms with E-state index in [1.807, 2.05) is 30.3 Å². The van der Waals surface area contributed by atoms with Crippen molar-refractivity contribution in [2.75, 3.05) is 18.6 Å². The van der Waals surface area contributed by atoms with Gasteiger partial charge in [-0.15, -0.1) is 0 Å². The predicted octanol–water partition coefficient (Wildman–Crippen LogP) is 5.32. The predicted molar refractivity (Wildman–Crippen MR) is 126 cm³/mol. The number of esters is 1. The molecule has 3 aromatic rings. The van der Waals surface area contributed by atoms with Crippen molar-refractivity contribution in [1.29, 1.82) is 0 Å². The normalized spacial score (nSPS) is 13.5. The van der Waals surface area contributed by atoms with Crippen LogP contribution in [-0.4, -0.2) is 35.8 Å². The van der Waals surface area contributed by atoms with E-state index in [-0.39, 0.29) is 12.1 Å². The van der Waals surface area contributed by atoms with Crippen LogP contribution in [0.2, 0.25) is 0 Å². The molecule has 2 aromatic carbocycles. The molecule has 1 heterocycles. The van der Waals surface area contributed by atoms with Gasteiger partial charge in [-0.25, -0.2) is 14.8 Å². The van der Waals surface area contributed by atoms with E-state index < -0.39 is 0 Å². The van der Waals surface area contributed by atoms with Gasteiger partial charge in [0.05, 0.1) is 31.9 Å². The molecule has 0 aliphatic heterocycles. The summed E-state index contributed by atoms with van der Waals surface area (Å²) >= 11 is 0. The fourth-order valence-corrected chi connectivity index (χ4v) is 4.03. The van der Waals surface area contributed by atoms with Crippen molar-refractivity contribution >= 4 is 17.3 Å². The number of nitrogens with zero attached hydrogens (tertiary/aromatic N) is 3. The fourth-order valence-electron chi connectivity index (χ4n) is 4.03. The smallest absolute Gasteiger partial charge is 0.338 e. The Balaban J connectivity index is 1.68. The van der Waals surface area contributed by atoms with E-state index in [9.17, 15) is 4.79 Å². The third-order valence-electron chi connectivity index (χ3n) is 5.70. The monoisotopic (exact) mass is 447 g/mol. The second kappa shape index (κ2) is 10.8. The van der Waals surface area contributed by atoms with Crippen molar-refractivity contribution < 1.29 is 19.0 Å². The molecule has 0 bridgehead atoms. The first-order valence-electron chi connectivity index (χ1n) is 11.3. The largest absolute Gasteiger partial charge is 0.493 e. The summed E-state index contributed by atoms with van der Waals surface area (Å²) < 4.78 is 17.0. The van der Waals surface area contributed by atoms with E-state index in [2.05, 4.69) is 14.9 Å². The Morgan fingerprint density at radius 3 is 2.36 bits per heavy atom. The van der Waals surface area contributed by atoms with Crippen molar-refractivity contribution in [3.05, 3.63) is 72.3 Å². The number of carbonyl (C=O) groups excluding carboxylic acids is 1. The number of anilines is 2. The van der Waals surface area contributed by atoms with Crippen LogP contribution in [0.15, 0.2) is 61.2 Å². The van der Waals surface area contributed by atoms with Crippen LogP contribution < -0.4 is 14.4 Å². The van der Waals surface area contributed by atoms with Gasteiger partial charge < -0.3 is 19.1 Å². The van der Waals surface area contributed by atoms with Crippen molar-refractivity contribution in [3.8, 4) is 11.5 Å². The number of aromatic nitrogens is 2. The van der Waals surface area contributed by atoms with Crippen molar-refractivity contribution in [2.45, 2.75) is 45.3 Å². The number of carbonyl (C=O) groups is 1. The molecular weight excluding hydrogens is 418 g/mol. The second-order valence-corrected chi connectivity index (χ2v) is 7.96. The summed E-state index contributed by atoms with van der Waals surface area (Å²) in [6.07, 6.45) is 9.84. The van der Waals surface area contributed by atoms with Crippen LogP contribution in [-0.2, 0) is 11.3 Å². The molecular formula is C26H29N3O4. The van der Waals surface area contributed by atoms with Gasteiger partial charge in [0.25, 0.3) is 0 Å². The molecule has 7 nitrogen and oxygen atoms in total. The number of benzene rings is 2. The summed E-state index contributed by atoms with van der Waals surface area (Å²) in [5.74, 6) is 1.12. The molecule has 0 atom stereocenters. The van der Waals surface area contributed by atoms with Crippen LogP contribution in [0.1, 0.15) is 48.5 Å². The molecule has 0 amide bonds. The van der Waals surface area contributed by atoms with Gasteiger partial charge in [0.1, 0.15) is 6.33 Å². The van der Waals surface area contributed by atoms with Crippen molar-refractivity contribution in [2.24, 2.45) is 0 Å². The first-order chi connectivity index (χ1) is 16.2. The lowest BCUT2D eigenvalue weighted by atomic mass is 10.1. The molecule has 1 fully saturated rings. The quantitative estimate of drug-likeness (QED) is 0.411. The summed E-state index contributed by atoms with van der Waals surface area (Å²) in [4.78, 5) is 22.5. The Morgan fingerprint density at radius 2 is 1.70 bits per heavy atom. The summed E-state index contributed by atoms with van der Waals surface area (Å²) in [6, 6.07) is 13.3. The standard InChI is InChI=1S/C26H29N3O4/c1-3-32-26(30)20-8-10-21(11-9-20)29(17-19-15-27-18-28-16-19)22-12-13-24(31-2)25(14-22)33-23-6-4-5-7-23/h8-16,18,23H,3-7,17H2,1-2H3. The first-order valence-corrected chi connectivity index (χ1v) is 11.3. The highest BCUT2D eigenvalue weighted by Gasteiger charge is 2.20. The summed E-state index contributed by atoms with van der Waals surface area (Å²) in [7, 11) is 1.66.